The molecule has 3 aromatic rings. The SMILES string of the molecule is CC(C)c1c(O)ccc2cnc(Nc3ccc(N4CCN(CCC=O)CC4)cc3)nc12. The number of hydrogen-bond donors (Lipinski definition) is 2. The lowest BCUT2D eigenvalue weighted by Gasteiger charge is -2.35. The van der Waals surface area contributed by atoms with Crippen molar-refractivity contribution in [3.8, 4) is 5.75 Å². The van der Waals surface area contributed by atoms with E-state index in [0.29, 0.717) is 12.4 Å². The molecule has 0 aliphatic carbocycles. The number of phenolic OH excluding ortho intramolecular Hbond substituents is 1. The molecule has 1 aliphatic rings. The standard InChI is InChI=1S/C24H29N5O2/c1-17(2)22-21(31)9-4-18-16-25-24(27-23(18)22)26-19-5-7-20(8-6-19)29-13-11-28(12-14-29)10-3-15-30/h4-9,15-17,31H,3,10-14H2,1-2H3,(H,25,26,27). The maximum atomic E-state index is 10.6. The largest absolute Gasteiger partial charge is 0.508 e. The maximum absolute atomic E-state index is 10.6. The Morgan fingerprint density at radius 3 is 2.52 bits per heavy atom. The van der Waals surface area contributed by atoms with Crippen molar-refractivity contribution in [1.29, 1.82) is 0 Å². The van der Waals surface area contributed by atoms with Gasteiger partial charge in [0.2, 0.25) is 5.95 Å². The van der Waals surface area contributed by atoms with E-state index >= 15 is 0 Å². The van der Waals surface area contributed by atoms with Crippen molar-refractivity contribution in [3.05, 3.63) is 48.2 Å². The number of benzene rings is 2. The van der Waals surface area contributed by atoms with E-state index in [-0.39, 0.29) is 11.7 Å². The number of aromatic nitrogens is 2. The minimum atomic E-state index is 0.157. The molecule has 0 unspecified atom stereocenters. The molecule has 162 valence electrons. The van der Waals surface area contributed by atoms with Gasteiger partial charge in [-0.2, -0.15) is 0 Å². The highest BCUT2D eigenvalue weighted by Gasteiger charge is 2.17. The zero-order valence-corrected chi connectivity index (χ0v) is 18.1. The van der Waals surface area contributed by atoms with Crippen LogP contribution >= 0.6 is 0 Å². The summed E-state index contributed by atoms with van der Waals surface area (Å²) in [7, 11) is 0. The molecule has 0 amide bonds. The van der Waals surface area contributed by atoms with Gasteiger partial charge in [-0.1, -0.05) is 13.8 Å². The molecule has 1 fully saturated rings. The third kappa shape index (κ3) is 4.77. The number of nitrogens with one attached hydrogen (secondary N) is 1. The van der Waals surface area contributed by atoms with E-state index in [2.05, 4.69) is 37.2 Å². The number of hydrogen-bond acceptors (Lipinski definition) is 7. The second kappa shape index (κ2) is 9.31. The van der Waals surface area contributed by atoms with Crippen molar-refractivity contribution in [2.45, 2.75) is 26.2 Å². The predicted molar refractivity (Wildman–Crippen MR) is 124 cm³/mol. The summed E-state index contributed by atoms with van der Waals surface area (Å²) in [4.78, 5) is 24.4. The van der Waals surface area contributed by atoms with E-state index in [1.807, 2.05) is 32.0 Å². The van der Waals surface area contributed by atoms with Crippen LogP contribution in [-0.4, -0.2) is 59.0 Å². The van der Waals surface area contributed by atoms with Crippen LogP contribution in [0.2, 0.25) is 0 Å². The fraction of sp³-hybridized carbons (Fsp3) is 0.375. The first-order chi connectivity index (χ1) is 15.0. The summed E-state index contributed by atoms with van der Waals surface area (Å²) < 4.78 is 0. The minimum absolute atomic E-state index is 0.157. The number of aldehydes is 1. The molecule has 2 N–H and O–H groups in total. The average Bonchev–Trinajstić information content (AvgIpc) is 2.78. The minimum Gasteiger partial charge on any atom is -0.508 e. The summed E-state index contributed by atoms with van der Waals surface area (Å²) in [6, 6.07) is 11.8. The van der Waals surface area contributed by atoms with Crippen LogP contribution in [0.3, 0.4) is 0 Å². The molecule has 0 bridgehead atoms. The lowest BCUT2D eigenvalue weighted by molar-refractivity contribution is -0.108. The van der Waals surface area contributed by atoms with Crippen molar-refractivity contribution >= 4 is 34.5 Å². The van der Waals surface area contributed by atoms with Gasteiger partial charge in [-0.15, -0.1) is 0 Å². The van der Waals surface area contributed by atoms with Crippen molar-refractivity contribution in [1.82, 2.24) is 14.9 Å². The van der Waals surface area contributed by atoms with Crippen LogP contribution in [0.15, 0.2) is 42.6 Å². The van der Waals surface area contributed by atoms with E-state index in [4.69, 9.17) is 0 Å². The zero-order valence-electron chi connectivity index (χ0n) is 18.1. The Kier molecular flexibility index (Phi) is 6.32. The Morgan fingerprint density at radius 2 is 1.84 bits per heavy atom. The highest BCUT2D eigenvalue weighted by Crippen LogP contribution is 2.32. The number of piperazine rings is 1. The van der Waals surface area contributed by atoms with Gasteiger partial charge < -0.3 is 20.1 Å². The molecule has 1 saturated heterocycles. The summed E-state index contributed by atoms with van der Waals surface area (Å²) in [5.74, 6) is 0.934. The Morgan fingerprint density at radius 1 is 1.10 bits per heavy atom. The molecule has 1 aliphatic heterocycles. The number of rotatable bonds is 7. The molecular formula is C24H29N5O2. The van der Waals surface area contributed by atoms with Gasteiger partial charge in [0.15, 0.2) is 0 Å². The van der Waals surface area contributed by atoms with Crippen LogP contribution in [0.5, 0.6) is 5.75 Å². The van der Waals surface area contributed by atoms with Gasteiger partial charge in [0.05, 0.1) is 5.52 Å². The van der Waals surface area contributed by atoms with Crippen molar-refractivity contribution < 1.29 is 9.90 Å². The Labute approximate surface area is 182 Å². The summed E-state index contributed by atoms with van der Waals surface area (Å²) in [5.41, 5.74) is 3.72. The normalized spacial score (nSPS) is 14.9. The van der Waals surface area contributed by atoms with E-state index in [1.165, 1.54) is 5.69 Å². The van der Waals surface area contributed by atoms with E-state index in [9.17, 15) is 9.90 Å². The van der Waals surface area contributed by atoms with Crippen LogP contribution in [0.25, 0.3) is 10.9 Å². The topological polar surface area (TPSA) is 81.6 Å². The summed E-state index contributed by atoms with van der Waals surface area (Å²) in [6.45, 7) is 8.81. The van der Waals surface area contributed by atoms with Crippen LogP contribution < -0.4 is 10.2 Å². The number of carbonyl (C=O) groups is 1. The van der Waals surface area contributed by atoms with Gasteiger partial charge in [-0.3, -0.25) is 4.90 Å². The number of nitrogens with zero attached hydrogens (tertiary/aromatic N) is 4. The van der Waals surface area contributed by atoms with Gasteiger partial charge in [0.1, 0.15) is 12.0 Å². The predicted octanol–water partition coefficient (Wildman–Crippen LogP) is 3.91. The molecule has 7 nitrogen and oxygen atoms in total. The number of aromatic hydroxyl groups is 1. The molecule has 0 radical (unpaired) electrons. The zero-order chi connectivity index (χ0) is 21.8. The van der Waals surface area contributed by atoms with Gasteiger partial charge >= 0.3 is 0 Å². The molecule has 4 rings (SSSR count). The first-order valence-electron chi connectivity index (χ1n) is 10.8. The highest BCUT2D eigenvalue weighted by molar-refractivity contribution is 5.85. The molecule has 2 aromatic carbocycles. The first kappa shape index (κ1) is 21.1. The van der Waals surface area contributed by atoms with Gasteiger partial charge in [-0.05, 0) is 42.3 Å². The summed E-state index contributed by atoms with van der Waals surface area (Å²) >= 11 is 0. The lowest BCUT2D eigenvalue weighted by atomic mass is 9.99. The molecule has 1 aromatic heterocycles. The van der Waals surface area contributed by atoms with E-state index in [0.717, 1.165) is 61.2 Å². The van der Waals surface area contributed by atoms with Gasteiger partial charge in [0, 0.05) is 67.7 Å². The third-order valence-electron chi connectivity index (χ3n) is 5.77. The summed E-state index contributed by atoms with van der Waals surface area (Å²) in [5, 5.41) is 14.5. The number of fused-ring (bicyclic) bond motifs is 1. The first-order valence-corrected chi connectivity index (χ1v) is 10.8. The van der Waals surface area contributed by atoms with Crippen molar-refractivity contribution in [2.24, 2.45) is 0 Å². The number of phenols is 1. The van der Waals surface area contributed by atoms with E-state index in [1.54, 1.807) is 12.3 Å². The molecular weight excluding hydrogens is 390 g/mol. The van der Waals surface area contributed by atoms with E-state index < -0.39 is 0 Å². The quantitative estimate of drug-likeness (QED) is 0.562. The second-order valence-electron chi connectivity index (χ2n) is 8.24. The average molecular weight is 420 g/mol. The molecule has 0 spiro atoms. The molecule has 7 heteroatoms. The Bertz CT molecular complexity index is 1040. The van der Waals surface area contributed by atoms with Gasteiger partial charge in [0.25, 0.3) is 0 Å². The Balaban J connectivity index is 1.45. The molecule has 0 atom stereocenters. The molecule has 2 heterocycles. The third-order valence-corrected chi connectivity index (χ3v) is 5.77. The second-order valence-corrected chi connectivity index (χ2v) is 8.24. The van der Waals surface area contributed by atoms with Crippen LogP contribution in [-0.2, 0) is 4.79 Å². The van der Waals surface area contributed by atoms with Crippen LogP contribution in [0.4, 0.5) is 17.3 Å². The Hall–Kier alpha value is -3.19. The highest BCUT2D eigenvalue weighted by atomic mass is 16.3. The molecule has 0 saturated carbocycles. The summed E-state index contributed by atoms with van der Waals surface area (Å²) in [6.07, 6.45) is 3.38. The van der Waals surface area contributed by atoms with Crippen molar-refractivity contribution in [2.75, 3.05) is 42.9 Å². The number of anilines is 3. The fourth-order valence-electron chi connectivity index (χ4n) is 4.09. The van der Waals surface area contributed by atoms with Crippen molar-refractivity contribution in [3.63, 3.8) is 0 Å². The van der Waals surface area contributed by atoms with Crippen LogP contribution in [0, 0.1) is 0 Å². The maximum Gasteiger partial charge on any atom is 0.227 e. The smallest absolute Gasteiger partial charge is 0.227 e. The lowest BCUT2D eigenvalue weighted by Crippen LogP contribution is -2.46. The molecule has 31 heavy (non-hydrogen) atoms. The fourth-order valence-corrected chi connectivity index (χ4v) is 4.09. The van der Waals surface area contributed by atoms with Crippen LogP contribution in [0.1, 0.15) is 31.7 Å². The monoisotopic (exact) mass is 419 g/mol. The number of carbonyl (C=O) groups excluding carboxylic acids is 1. The van der Waals surface area contributed by atoms with Gasteiger partial charge in [-0.25, -0.2) is 9.97 Å².